The Bertz CT molecular complexity index is 314. The highest BCUT2D eigenvalue weighted by Crippen LogP contribution is 2.05. The second kappa shape index (κ2) is 5.46. The lowest BCUT2D eigenvalue weighted by atomic mass is 10.1. The summed E-state index contributed by atoms with van der Waals surface area (Å²) in [6, 6.07) is 1.98. The molecule has 0 radical (unpaired) electrons. The maximum atomic E-state index is 5.17. The van der Waals surface area contributed by atoms with Crippen molar-refractivity contribution in [1.29, 1.82) is 0 Å². The highest BCUT2D eigenvalue weighted by atomic mass is 16.5. The van der Waals surface area contributed by atoms with Gasteiger partial charge in [0.2, 0.25) is 0 Å². The Morgan fingerprint density at radius 3 is 2.62 bits per heavy atom. The van der Waals surface area contributed by atoms with Crippen LogP contribution < -0.4 is 5.32 Å². The van der Waals surface area contributed by atoms with Gasteiger partial charge in [-0.25, -0.2) is 0 Å². The second-order valence-corrected chi connectivity index (χ2v) is 5.35. The van der Waals surface area contributed by atoms with Crippen molar-refractivity contribution >= 4 is 0 Å². The van der Waals surface area contributed by atoms with E-state index in [2.05, 4.69) is 43.2 Å². The van der Waals surface area contributed by atoms with Crippen molar-refractivity contribution in [3.8, 4) is 0 Å². The van der Waals surface area contributed by atoms with Gasteiger partial charge in [0.05, 0.1) is 12.2 Å². The fourth-order valence-electron chi connectivity index (χ4n) is 1.46. The average molecular weight is 225 g/mol. The quantitative estimate of drug-likeness (QED) is 0.829. The molecule has 0 bridgehead atoms. The van der Waals surface area contributed by atoms with E-state index in [-0.39, 0.29) is 5.54 Å². The number of hydrogen-bond acceptors (Lipinski definition) is 4. The van der Waals surface area contributed by atoms with Crippen molar-refractivity contribution in [3.63, 3.8) is 0 Å². The van der Waals surface area contributed by atoms with Crippen molar-refractivity contribution in [3.05, 3.63) is 17.5 Å². The van der Waals surface area contributed by atoms with Gasteiger partial charge in [-0.05, 0) is 34.7 Å². The number of hydrogen-bond donors (Lipinski definition) is 1. The van der Waals surface area contributed by atoms with E-state index in [1.54, 1.807) is 0 Å². The zero-order chi connectivity index (χ0) is 12.2. The molecule has 16 heavy (non-hydrogen) atoms. The first-order valence-electron chi connectivity index (χ1n) is 5.72. The lowest BCUT2D eigenvalue weighted by Gasteiger charge is -2.23. The summed E-state index contributed by atoms with van der Waals surface area (Å²) in [5.74, 6) is 0.927. The van der Waals surface area contributed by atoms with E-state index in [1.807, 2.05) is 13.0 Å². The van der Waals surface area contributed by atoms with Crippen molar-refractivity contribution in [2.45, 2.75) is 39.8 Å². The number of rotatable bonds is 5. The van der Waals surface area contributed by atoms with Crippen LogP contribution in [-0.4, -0.2) is 35.7 Å². The molecule has 0 fully saturated rings. The molecule has 1 N–H and O–H groups in total. The fourth-order valence-corrected chi connectivity index (χ4v) is 1.46. The normalized spacial score (nSPS) is 12.4. The second-order valence-electron chi connectivity index (χ2n) is 5.35. The Kier molecular flexibility index (Phi) is 4.50. The monoisotopic (exact) mass is 225 g/mol. The van der Waals surface area contributed by atoms with Gasteiger partial charge in [0, 0.05) is 24.7 Å². The first kappa shape index (κ1) is 13.2. The van der Waals surface area contributed by atoms with Gasteiger partial charge < -0.3 is 9.84 Å². The number of aromatic nitrogens is 1. The van der Waals surface area contributed by atoms with Crippen LogP contribution in [0.1, 0.15) is 32.2 Å². The third-order valence-corrected chi connectivity index (χ3v) is 2.25. The fraction of sp³-hybridized carbons (Fsp3) is 0.750. The smallest absolute Gasteiger partial charge is 0.150 e. The Hall–Kier alpha value is -0.870. The Labute approximate surface area is 98.0 Å². The highest BCUT2D eigenvalue weighted by Gasteiger charge is 2.09. The number of aryl methyl sites for hydroxylation is 1. The van der Waals surface area contributed by atoms with Crippen LogP contribution in [0.5, 0.6) is 0 Å². The molecule has 0 aliphatic carbocycles. The molecule has 92 valence electrons. The summed E-state index contributed by atoms with van der Waals surface area (Å²) in [7, 11) is 2.09. The van der Waals surface area contributed by atoms with Gasteiger partial charge in [-0.2, -0.15) is 0 Å². The lowest BCUT2D eigenvalue weighted by Crippen LogP contribution is -2.40. The van der Waals surface area contributed by atoms with Crippen LogP contribution in [-0.2, 0) is 6.54 Å². The van der Waals surface area contributed by atoms with Crippen LogP contribution in [0.4, 0.5) is 0 Å². The molecule has 4 nitrogen and oxygen atoms in total. The number of likely N-dealkylation sites (N-methyl/N-ethyl adjacent to an activating group) is 1. The first-order chi connectivity index (χ1) is 7.37. The molecule has 0 aromatic carbocycles. The minimum atomic E-state index is 0.184. The predicted octanol–water partition coefficient (Wildman–Crippen LogP) is 1.80. The third kappa shape index (κ3) is 5.28. The Balaban J connectivity index is 2.23. The van der Waals surface area contributed by atoms with Gasteiger partial charge in [0.25, 0.3) is 0 Å². The van der Waals surface area contributed by atoms with Crippen molar-refractivity contribution in [2.24, 2.45) is 0 Å². The van der Waals surface area contributed by atoms with Gasteiger partial charge in [0.1, 0.15) is 0 Å². The van der Waals surface area contributed by atoms with E-state index in [9.17, 15) is 0 Å². The van der Waals surface area contributed by atoms with Gasteiger partial charge in [-0.3, -0.25) is 4.90 Å². The van der Waals surface area contributed by atoms with Crippen molar-refractivity contribution < 1.29 is 4.52 Å². The standard InChI is InChI=1S/C12H23N3O/c1-10-8-11(16-14-10)9-15(5)7-6-13-12(2,3)4/h8,13H,6-7,9H2,1-5H3. The molecule has 1 aromatic rings. The van der Waals surface area contributed by atoms with Gasteiger partial charge in [-0.15, -0.1) is 0 Å². The SMILES string of the molecule is Cc1cc(CN(C)CCNC(C)(C)C)on1. The summed E-state index contributed by atoms with van der Waals surface area (Å²) < 4.78 is 5.17. The van der Waals surface area contributed by atoms with E-state index in [0.29, 0.717) is 0 Å². The first-order valence-corrected chi connectivity index (χ1v) is 5.72. The van der Waals surface area contributed by atoms with Crippen LogP contribution in [0.2, 0.25) is 0 Å². The van der Waals surface area contributed by atoms with E-state index in [0.717, 1.165) is 31.1 Å². The summed E-state index contributed by atoms with van der Waals surface area (Å²) >= 11 is 0. The molecule has 0 aliphatic heterocycles. The van der Waals surface area contributed by atoms with Gasteiger partial charge >= 0.3 is 0 Å². The van der Waals surface area contributed by atoms with E-state index >= 15 is 0 Å². The lowest BCUT2D eigenvalue weighted by molar-refractivity contribution is 0.262. The van der Waals surface area contributed by atoms with Crippen molar-refractivity contribution in [2.75, 3.05) is 20.1 Å². The van der Waals surface area contributed by atoms with Crippen LogP contribution in [0.3, 0.4) is 0 Å². The summed E-state index contributed by atoms with van der Waals surface area (Å²) in [6.07, 6.45) is 0. The molecule has 0 spiro atoms. The third-order valence-electron chi connectivity index (χ3n) is 2.25. The molecule has 0 amide bonds. The van der Waals surface area contributed by atoms with Crippen molar-refractivity contribution in [1.82, 2.24) is 15.4 Å². The van der Waals surface area contributed by atoms with Gasteiger partial charge in [0.15, 0.2) is 5.76 Å². The molecule has 4 heteroatoms. The van der Waals surface area contributed by atoms with Crippen LogP contribution in [0.15, 0.2) is 10.6 Å². The molecule has 0 aliphatic rings. The maximum absolute atomic E-state index is 5.17. The predicted molar refractivity (Wildman–Crippen MR) is 65.3 cm³/mol. The number of nitrogens with one attached hydrogen (secondary N) is 1. The zero-order valence-electron chi connectivity index (χ0n) is 11.0. The molecule has 0 atom stereocenters. The minimum Gasteiger partial charge on any atom is -0.360 e. The topological polar surface area (TPSA) is 41.3 Å². The van der Waals surface area contributed by atoms with E-state index < -0.39 is 0 Å². The molecular formula is C12H23N3O. The van der Waals surface area contributed by atoms with Gasteiger partial charge in [-0.1, -0.05) is 5.16 Å². The van der Waals surface area contributed by atoms with E-state index in [4.69, 9.17) is 4.52 Å². The largest absolute Gasteiger partial charge is 0.360 e. The van der Waals surface area contributed by atoms with Crippen LogP contribution in [0.25, 0.3) is 0 Å². The summed E-state index contributed by atoms with van der Waals surface area (Å²) in [6.45, 7) is 11.2. The molecule has 0 saturated heterocycles. The summed E-state index contributed by atoms with van der Waals surface area (Å²) in [4.78, 5) is 2.22. The molecule has 1 aromatic heterocycles. The number of nitrogens with zero attached hydrogens (tertiary/aromatic N) is 2. The molecule has 1 rings (SSSR count). The molecule has 0 unspecified atom stereocenters. The molecule has 1 heterocycles. The van der Waals surface area contributed by atoms with E-state index in [1.165, 1.54) is 0 Å². The summed E-state index contributed by atoms with van der Waals surface area (Å²) in [5.41, 5.74) is 1.13. The molecular weight excluding hydrogens is 202 g/mol. The van der Waals surface area contributed by atoms with Crippen LogP contribution >= 0.6 is 0 Å². The summed E-state index contributed by atoms with van der Waals surface area (Å²) in [5, 5.41) is 7.33. The average Bonchev–Trinajstić information content (AvgIpc) is 2.48. The van der Waals surface area contributed by atoms with Crippen LogP contribution in [0, 0.1) is 6.92 Å². The molecule has 0 saturated carbocycles. The maximum Gasteiger partial charge on any atom is 0.150 e. The highest BCUT2D eigenvalue weighted by molar-refractivity contribution is 5.02. The Morgan fingerprint density at radius 1 is 1.44 bits per heavy atom. The zero-order valence-corrected chi connectivity index (χ0v) is 11.0. The Morgan fingerprint density at radius 2 is 2.12 bits per heavy atom. The minimum absolute atomic E-state index is 0.184.